The molecule has 1 rings (SSSR count). The summed E-state index contributed by atoms with van der Waals surface area (Å²) >= 11 is 5.65. The van der Waals surface area contributed by atoms with E-state index in [-0.39, 0.29) is 18.4 Å². The van der Waals surface area contributed by atoms with Crippen molar-refractivity contribution in [1.29, 1.82) is 0 Å². The van der Waals surface area contributed by atoms with Crippen molar-refractivity contribution < 1.29 is 9.59 Å². The van der Waals surface area contributed by atoms with Gasteiger partial charge in [-0.25, -0.2) is 0 Å². The molecule has 0 saturated carbocycles. The molecule has 0 radical (unpaired) electrons. The molecule has 1 N–H and O–H groups in total. The maximum atomic E-state index is 11.7. The van der Waals surface area contributed by atoms with E-state index < -0.39 is 0 Å². The Balaban J connectivity index is 2.55. The molecule has 0 heterocycles. The Morgan fingerprint density at radius 3 is 2.29 bits per heavy atom. The summed E-state index contributed by atoms with van der Waals surface area (Å²) in [4.78, 5) is 24.4. The number of nitrogens with one attached hydrogen (secondary N) is 1. The summed E-state index contributed by atoms with van der Waals surface area (Å²) in [6.45, 7) is 0.00307. The van der Waals surface area contributed by atoms with Gasteiger partial charge in [0.1, 0.15) is 0 Å². The number of amides is 2. The Morgan fingerprint density at radius 1 is 1.24 bits per heavy atom. The number of carbonyl (C=O) groups is 2. The minimum atomic E-state index is -0.263. The second-order valence-corrected chi connectivity index (χ2v) is 4.07. The first-order chi connectivity index (χ1) is 8.04. The van der Waals surface area contributed by atoms with Gasteiger partial charge in [0.25, 0.3) is 5.91 Å². The highest BCUT2D eigenvalue weighted by atomic mass is 35.5. The highest BCUT2D eigenvalue weighted by Gasteiger charge is 2.08. The lowest BCUT2D eigenvalue weighted by Gasteiger charge is -2.10. The number of nitrogens with zero attached hydrogens (tertiary/aromatic N) is 1. The number of halogens is 1. The van der Waals surface area contributed by atoms with E-state index in [9.17, 15) is 9.59 Å². The van der Waals surface area contributed by atoms with Gasteiger partial charge in [0.2, 0.25) is 5.91 Å². The molecule has 0 atom stereocenters. The van der Waals surface area contributed by atoms with Gasteiger partial charge < -0.3 is 10.2 Å². The largest absolute Gasteiger partial charge is 0.347 e. The van der Waals surface area contributed by atoms with Crippen LogP contribution in [-0.2, 0) is 10.7 Å². The van der Waals surface area contributed by atoms with Crippen LogP contribution in [0, 0.1) is 0 Å². The second-order valence-electron chi connectivity index (χ2n) is 3.80. The molecule has 92 valence electrons. The zero-order chi connectivity index (χ0) is 12.8. The molecule has 0 aliphatic carbocycles. The third kappa shape index (κ3) is 4.07. The fourth-order valence-electron chi connectivity index (χ4n) is 1.16. The third-order valence-corrected chi connectivity index (χ3v) is 2.58. The highest BCUT2D eigenvalue weighted by molar-refractivity contribution is 6.17. The molecule has 4 nitrogen and oxygen atoms in total. The average Bonchev–Trinajstić information content (AvgIpc) is 2.35. The van der Waals surface area contributed by atoms with Gasteiger partial charge in [-0.3, -0.25) is 9.59 Å². The summed E-state index contributed by atoms with van der Waals surface area (Å²) in [7, 11) is 3.29. The van der Waals surface area contributed by atoms with Crippen LogP contribution in [0.3, 0.4) is 0 Å². The molecule has 2 amide bonds. The average molecular weight is 255 g/mol. The van der Waals surface area contributed by atoms with Crippen LogP contribution < -0.4 is 5.32 Å². The lowest BCUT2D eigenvalue weighted by molar-refractivity contribution is -0.127. The fraction of sp³-hybridized carbons (Fsp3) is 0.333. The lowest BCUT2D eigenvalue weighted by atomic mass is 10.1. The Morgan fingerprint density at radius 2 is 1.82 bits per heavy atom. The topological polar surface area (TPSA) is 49.4 Å². The maximum absolute atomic E-state index is 11.7. The molecule has 0 saturated heterocycles. The summed E-state index contributed by atoms with van der Waals surface area (Å²) in [5, 5.41) is 2.55. The zero-order valence-electron chi connectivity index (χ0n) is 9.87. The molecule has 1 aromatic rings. The minimum Gasteiger partial charge on any atom is -0.347 e. The van der Waals surface area contributed by atoms with Gasteiger partial charge in [-0.2, -0.15) is 0 Å². The Bertz CT molecular complexity index is 401. The van der Waals surface area contributed by atoms with E-state index in [0.29, 0.717) is 11.4 Å². The van der Waals surface area contributed by atoms with Crippen molar-refractivity contribution >= 4 is 23.4 Å². The molecule has 0 bridgehead atoms. The number of hydrogen-bond donors (Lipinski definition) is 1. The van der Waals surface area contributed by atoms with Crippen LogP contribution >= 0.6 is 11.6 Å². The highest BCUT2D eigenvalue weighted by Crippen LogP contribution is 2.06. The number of hydrogen-bond acceptors (Lipinski definition) is 2. The molecular weight excluding hydrogens is 240 g/mol. The number of alkyl halides is 1. The van der Waals surface area contributed by atoms with Gasteiger partial charge in [0.05, 0.1) is 6.54 Å². The van der Waals surface area contributed by atoms with Crippen molar-refractivity contribution in [3.63, 3.8) is 0 Å². The minimum absolute atomic E-state index is 0.00307. The van der Waals surface area contributed by atoms with Gasteiger partial charge >= 0.3 is 0 Å². The predicted octanol–water partition coefficient (Wildman–Crippen LogP) is 1.24. The van der Waals surface area contributed by atoms with E-state index >= 15 is 0 Å². The zero-order valence-corrected chi connectivity index (χ0v) is 10.6. The summed E-state index contributed by atoms with van der Waals surface area (Å²) in [5.74, 6) is 0.0122. The van der Waals surface area contributed by atoms with Crippen molar-refractivity contribution in [3.8, 4) is 0 Å². The molecule has 5 heteroatoms. The van der Waals surface area contributed by atoms with Crippen LogP contribution in [-0.4, -0.2) is 37.4 Å². The first-order valence-electron chi connectivity index (χ1n) is 5.18. The molecule has 0 spiro atoms. The molecule has 0 unspecified atom stereocenters. The predicted molar refractivity (Wildman–Crippen MR) is 67.0 cm³/mol. The van der Waals surface area contributed by atoms with E-state index in [1.807, 2.05) is 0 Å². The van der Waals surface area contributed by atoms with Crippen molar-refractivity contribution in [2.24, 2.45) is 0 Å². The summed E-state index contributed by atoms with van der Waals surface area (Å²) in [5.41, 5.74) is 1.47. The van der Waals surface area contributed by atoms with Crippen molar-refractivity contribution in [1.82, 2.24) is 10.2 Å². The second kappa shape index (κ2) is 6.25. The van der Waals surface area contributed by atoms with Crippen LogP contribution in [0.1, 0.15) is 15.9 Å². The van der Waals surface area contributed by atoms with Crippen LogP contribution in [0.15, 0.2) is 24.3 Å². The van der Waals surface area contributed by atoms with Crippen molar-refractivity contribution in [2.45, 2.75) is 5.88 Å². The smallest absolute Gasteiger partial charge is 0.251 e. The Kier molecular flexibility index (Phi) is 4.97. The molecule has 0 aliphatic heterocycles. The quantitative estimate of drug-likeness (QED) is 0.822. The molecule has 0 aromatic heterocycles. The number of benzene rings is 1. The lowest BCUT2D eigenvalue weighted by Crippen LogP contribution is -2.36. The number of carbonyl (C=O) groups excluding carboxylic acids is 2. The summed E-state index contributed by atoms with van der Waals surface area (Å²) in [6, 6.07) is 6.95. The van der Waals surface area contributed by atoms with Crippen LogP contribution in [0.2, 0.25) is 0 Å². The maximum Gasteiger partial charge on any atom is 0.251 e. The van der Waals surface area contributed by atoms with E-state index in [1.54, 1.807) is 38.4 Å². The molecule has 1 aromatic carbocycles. The van der Waals surface area contributed by atoms with Crippen LogP contribution in [0.25, 0.3) is 0 Å². The van der Waals surface area contributed by atoms with E-state index in [0.717, 1.165) is 5.56 Å². The monoisotopic (exact) mass is 254 g/mol. The Hall–Kier alpha value is -1.55. The first-order valence-corrected chi connectivity index (χ1v) is 5.71. The summed E-state index contributed by atoms with van der Waals surface area (Å²) < 4.78 is 0. The standard InChI is InChI=1S/C12H15ClN2O2/c1-15(2)11(16)8-14-12(17)10-5-3-9(7-13)4-6-10/h3-6H,7-8H2,1-2H3,(H,14,17). The van der Waals surface area contributed by atoms with Gasteiger partial charge in [0.15, 0.2) is 0 Å². The molecule has 0 aliphatic rings. The van der Waals surface area contributed by atoms with E-state index in [1.165, 1.54) is 4.90 Å². The van der Waals surface area contributed by atoms with Crippen LogP contribution in [0.5, 0.6) is 0 Å². The number of likely N-dealkylation sites (N-methyl/N-ethyl adjacent to an activating group) is 1. The SMILES string of the molecule is CN(C)C(=O)CNC(=O)c1ccc(CCl)cc1. The molecule has 0 fully saturated rings. The number of rotatable bonds is 4. The molecular formula is C12H15ClN2O2. The van der Waals surface area contributed by atoms with Crippen molar-refractivity contribution in [2.75, 3.05) is 20.6 Å². The van der Waals surface area contributed by atoms with E-state index in [4.69, 9.17) is 11.6 Å². The molecule has 17 heavy (non-hydrogen) atoms. The van der Waals surface area contributed by atoms with Crippen LogP contribution in [0.4, 0.5) is 0 Å². The van der Waals surface area contributed by atoms with Gasteiger partial charge in [0, 0.05) is 25.5 Å². The fourth-order valence-corrected chi connectivity index (χ4v) is 1.34. The van der Waals surface area contributed by atoms with Gasteiger partial charge in [-0.15, -0.1) is 11.6 Å². The van der Waals surface area contributed by atoms with Gasteiger partial charge in [-0.1, -0.05) is 12.1 Å². The van der Waals surface area contributed by atoms with Crippen molar-refractivity contribution in [3.05, 3.63) is 35.4 Å². The third-order valence-electron chi connectivity index (χ3n) is 2.27. The van der Waals surface area contributed by atoms with Gasteiger partial charge in [-0.05, 0) is 17.7 Å². The Labute approximate surface area is 106 Å². The normalized spacial score (nSPS) is 9.82. The van der Waals surface area contributed by atoms with E-state index in [2.05, 4.69) is 5.32 Å². The summed E-state index contributed by atoms with van der Waals surface area (Å²) in [6.07, 6.45) is 0. The first kappa shape index (κ1) is 13.5.